The van der Waals surface area contributed by atoms with Gasteiger partial charge in [-0.15, -0.1) is 0 Å². The van der Waals surface area contributed by atoms with Crippen LogP contribution in [0.3, 0.4) is 0 Å². The number of nitrogens with one attached hydrogen (secondary N) is 1. The van der Waals surface area contributed by atoms with E-state index >= 15 is 0 Å². The number of hydrogen-bond donors (Lipinski definition) is 1. The minimum atomic E-state index is 0.268. The van der Waals surface area contributed by atoms with Crippen molar-refractivity contribution in [3.63, 3.8) is 0 Å². The van der Waals surface area contributed by atoms with Gasteiger partial charge in [-0.3, -0.25) is 0 Å². The lowest BCUT2D eigenvalue weighted by atomic mass is 10.2. The molecule has 0 spiro atoms. The SMILES string of the molecule is CN(C)CCCNc1oc(-c2ccc(OCc3ccccc3)cc2)nc1C#N. The molecule has 0 aliphatic rings. The average molecular weight is 376 g/mol. The summed E-state index contributed by atoms with van der Waals surface area (Å²) in [7, 11) is 4.06. The average Bonchev–Trinajstić information content (AvgIpc) is 3.14. The first-order valence-electron chi connectivity index (χ1n) is 9.22. The van der Waals surface area contributed by atoms with Crippen LogP contribution in [0.4, 0.5) is 5.88 Å². The number of ether oxygens (including phenoxy) is 1. The second-order valence-corrected chi connectivity index (χ2v) is 6.69. The van der Waals surface area contributed by atoms with E-state index in [2.05, 4.69) is 21.3 Å². The zero-order chi connectivity index (χ0) is 19.8. The predicted molar refractivity (Wildman–Crippen MR) is 109 cm³/mol. The van der Waals surface area contributed by atoms with Gasteiger partial charge in [0.15, 0.2) is 0 Å². The van der Waals surface area contributed by atoms with E-state index in [1.807, 2.05) is 68.7 Å². The highest BCUT2D eigenvalue weighted by atomic mass is 16.5. The molecule has 0 unspecified atom stereocenters. The zero-order valence-electron chi connectivity index (χ0n) is 16.2. The maximum absolute atomic E-state index is 9.31. The number of oxazole rings is 1. The first-order valence-corrected chi connectivity index (χ1v) is 9.22. The van der Waals surface area contributed by atoms with Gasteiger partial charge in [-0.05, 0) is 56.9 Å². The first kappa shape index (κ1) is 19.5. The van der Waals surface area contributed by atoms with E-state index in [0.29, 0.717) is 24.9 Å². The molecule has 2 aromatic carbocycles. The third-order valence-corrected chi connectivity index (χ3v) is 4.15. The summed E-state index contributed by atoms with van der Waals surface area (Å²) in [5.41, 5.74) is 2.18. The predicted octanol–water partition coefficient (Wildman–Crippen LogP) is 4.16. The summed E-state index contributed by atoms with van der Waals surface area (Å²) in [6, 6.07) is 19.6. The number of nitriles is 1. The molecule has 0 atom stereocenters. The second kappa shape index (κ2) is 9.58. The molecule has 0 amide bonds. The minimum Gasteiger partial charge on any atom is -0.489 e. The summed E-state index contributed by atoms with van der Waals surface area (Å²) in [6.07, 6.45) is 0.946. The fourth-order valence-electron chi connectivity index (χ4n) is 2.67. The zero-order valence-corrected chi connectivity index (χ0v) is 16.2. The van der Waals surface area contributed by atoms with Gasteiger partial charge in [-0.1, -0.05) is 30.3 Å². The maximum Gasteiger partial charge on any atom is 0.232 e. The van der Waals surface area contributed by atoms with Crippen LogP contribution < -0.4 is 10.1 Å². The Kier molecular flexibility index (Phi) is 6.66. The molecule has 0 saturated heterocycles. The molecule has 28 heavy (non-hydrogen) atoms. The van der Waals surface area contributed by atoms with Crippen molar-refractivity contribution in [3.8, 4) is 23.3 Å². The Morgan fingerprint density at radius 2 is 1.86 bits per heavy atom. The first-order chi connectivity index (χ1) is 13.7. The van der Waals surface area contributed by atoms with Crippen LogP contribution in [-0.4, -0.2) is 37.1 Å². The van der Waals surface area contributed by atoms with Crippen LogP contribution in [-0.2, 0) is 6.61 Å². The molecule has 0 radical (unpaired) electrons. The fraction of sp³-hybridized carbons (Fsp3) is 0.273. The van der Waals surface area contributed by atoms with Gasteiger partial charge in [0.25, 0.3) is 0 Å². The van der Waals surface area contributed by atoms with E-state index in [-0.39, 0.29) is 5.69 Å². The van der Waals surface area contributed by atoms with Crippen LogP contribution in [0, 0.1) is 11.3 Å². The van der Waals surface area contributed by atoms with Gasteiger partial charge in [0, 0.05) is 12.1 Å². The Balaban J connectivity index is 1.62. The molecule has 144 valence electrons. The smallest absolute Gasteiger partial charge is 0.232 e. The van der Waals surface area contributed by atoms with Crippen LogP contribution >= 0.6 is 0 Å². The molecule has 0 fully saturated rings. The molecule has 1 N–H and O–H groups in total. The molecular formula is C22H24N4O2. The Morgan fingerprint density at radius 1 is 1.11 bits per heavy atom. The van der Waals surface area contributed by atoms with Gasteiger partial charge in [0.05, 0.1) is 0 Å². The van der Waals surface area contributed by atoms with E-state index in [1.54, 1.807) is 0 Å². The number of benzene rings is 2. The lowest BCUT2D eigenvalue weighted by Gasteiger charge is -2.09. The molecule has 3 aromatic rings. The lowest BCUT2D eigenvalue weighted by molar-refractivity contribution is 0.306. The fourth-order valence-corrected chi connectivity index (χ4v) is 2.67. The highest BCUT2D eigenvalue weighted by molar-refractivity contribution is 5.59. The minimum absolute atomic E-state index is 0.268. The quantitative estimate of drug-likeness (QED) is 0.565. The monoisotopic (exact) mass is 376 g/mol. The molecule has 0 aliphatic carbocycles. The standard InChI is InChI=1S/C22H24N4O2/c1-26(2)14-6-13-24-22-20(15-23)25-21(28-22)18-9-11-19(12-10-18)27-16-17-7-4-3-5-8-17/h3-5,7-12,24H,6,13-14,16H2,1-2H3. The molecular weight excluding hydrogens is 352 g/mol. The van der Waals surface area contributed by atoms with Gasteiger partial charge in [-0.2, -0.15) is 10.2 Å². The normalized spacial score (nSPS) is 10.6. The summed E-state index contributed by atoms with van der Waals surface area (Å²) in [5.74, 6) is 1.60. The van der Waals surface area contributed by atoms with Crippen LogP contribution in [0.5, 0.6) is 5.75 Å². The molecule has 1 heterocycles. The molecule has 0 aliphatic heterocycles. The Hall–Kier alpha value is -3.30. The summed E-state index contributed by atoms with van der Waals surface area (Å²) in [6.45, 7) is 2.19. The van der Waals surface area contributed by atoms with Gasteiger partial charge in [0.2, 0.25) is 17.5 Å². The van der Waals surface area contributed by atoms with Crippen LogP contribution in [0.1, 0.15) is 17.7 Å². The second-order valence-electron chi connectivity index (χ2n) is 6.69. The van der Waals surface area contributed by atoms with Crippen LogP contribution in [0.25, 0.3) is 11.5 Å². The maximum atomic E-state index is 9.31. The third kappa shape index (κ3) is 5.35. The summed E-state index contributed by atoms with van der Waals surface area (Å²) in [4.78, 5) is 6.41. The summed E-state index contributed by atoms with van der Waals surface area (Å²) < 4.78 is 11.6. The third-order valence-electron chi connectivity index (χ3n) is 4.15. The Morgan fingerprint density at radius 3 is 2.54 bits per heavy atom. The van der Waals surface area contributed by atoms with Crippen molar-refractivity contribution in [1.29, 1.82) is 5.26 Å². The summed E-state index contributed by atoms with van der Waals surface area (Å²) >= 11 is 0. The number of nitrogens with zero attached hydrogens (tertiary/aromatic N) is 3. The van der Waals surface area contributed by atoms with Crippen molar-refractivity contribution in [3.05, 3.63) is 65.9 Å². The Labute approximate surface area is 165 Å². The largest absolute Gasteiger partial charge is 0.489 e. The van der Waals surface area contributed by atoms with E-state index < -0.39 is 0 Å². The van der Waals surface area contributed by atoms with E-state index in [0.717, 1.165) is 29.8 Å². The van der Waals surface area contributed by atoms with Crippen molar-refractivity contribution in [2.75, 3.05) is 32.5 Å². The van der Waals surface area contributed by atoms with Gasteiger partial charge < -0.3 is 19.4 Å². The van der Waals surface area contributed by atoms with Gasteiger partial charge in [0.1, 0.15) is 18.4 Å². The van der Waals surface area contributed by atoms with E-state index in [4.69, 9.17) is 9.15 Å². The van der Waals surface area contributed by atoms with Crippen molar-refractivity contribution in [1.82, 2.24) is 9.88 Å². The van der Waals surface area contributed by atoms with Crippen molar-refractivity contribution < 1.29 is 9.15 Å². The van der Waals surface area contributed by atoms with Crippen molar-refractivity contribution >= 4 is 5.88 Å². The lowest BCUT2D eigenvalue weighted by Crippen LogP contribution is -2.16. The van der Waals surface area contributed by atoms with E-state index in [1.165, 1.54) is 0 Å². The molecule has 6 heteroatoms. The van der Waals surface area contributed by atoms with E-state index in [9.17, 15) is 5.26 Å². The molecule has 1 aromatic heterocycles. The molecule has 0 bridgehead atoms. The molecule has 0 saturated carbocycles. The van der Waals surface area contributed by atoms with Gasteiger partial charge >= 0.3 is 0 Å². The van der Waals surface area contributed by atoms with Crippen LogP contribution in [0.15, 0.2) is 59.0 Å². The number of hydrogen-bond acceptors (Lipinski definition) is 6. The molecule has 3 rings (SSSR count). The highest BCUT2D eigenvalue weighted by Crippen LogP contribution is 2.27. The van der Waals surface area contributed by atoms with Crippen LogP contribution in [0.2, 0.25) is 0 Å². The number of anilines is 1. The van der Waals surface area contributed by atoms with Gasteiger partial charge in [-0.25, -0.2) is 0 Å². The molecule has 6 nitrogen and oxygen atoms in total. The number of rotatable bonds is 9. The summed E-state index contributed by atoms with van der Waals surface area (Å²) in [5, 5.41) is 12.5. The van der Waals surface area contributed by atoms with Crippen molar-refractivity contribution in [2.24, 2.45) is 0 Å². The highest BCUT2D eigenvalue weighted by Gasteiger charge is 2.14. The number of aromatic nitrogens is 1. The Bertz CT molecular complexity index is 912. The topological polar surface area (TPSA) is 74.3 Å². The van der Waals surface area contributed by atoms with Crippen molar-refractivity contribution in [2.45, 2.75) is 13.0 Å².